The van der Waals surface area contributed by atoms with Crippen LogP contribution in [0.1, 0.15) is 27.8 Å². The van der Waals surface area contributed by atoms with Gasteiger partial charge < -0.3 is 15.0 Å². The van der Waals surface area contributed by atoms with Gasteiger partial charge in [0.2, 0.25) is 0 Å². The average Bonchev–Trinajstić information content (AvgIpc) is 3.20. The third kappa shape index (κ3) is 5.05. The van der Waals surface area contributed by atoms with Crippen molar-refractivity contribution in [2.45, 2.75) is 12.2 Å². The Bertz CT molecular complexity index is 1080. The number of halogens is 4. The third-order valence-electron chi connectivity index (χ3n) is 4.78. The minimum atomic E-state index is -4.92. The molecule has 11 heteroatoms. The molecule has 170 valence electrons. The summed E-state index contributed by atoms with van der Waals surface area (Å²) in [5, 5.41) is 9.45. The van der Waals surface area contributed by atoms with Gasteiger partial charge in [-0.2, -0.15) is 13.2 Å². The molecule has 1 N–H and O–H groups in total. The van der Waals surface area contributed by atoms with E-state index in [-0.39, 0.29) is 18.3 Å². The van der Waals surface area contributed by atoms with Gasteiger partial charge in [-0.05, 0) is 56.1 Å². The smallest absolute Gasteiger partial charge is 0.435 e. The molecule has 0 saturated carbocycles. The van der Waals surface area contributed by atoms with E-state index in [9.17, 15) is 22.4 Å². The Morgan fingerprint density at radius 1 is 1.19 bits per heavy atom. The van der Waals surface area contributed by atoms with Gasteiger partial charge in [0.05, 0.1) is 18.8 Å². The van der Waals surface area contributed by atoms with Crippen molar-refractivity contribution in [2.24, 2.45) is 0 Å². The lowest BCUT2D eigenvalue weighted by molar-refractivity contribution is -0.143. The second-order valence-electron chi connectivity index (χ2n) is 7.14. The van der Waals surface area contributed by atoms with Crippen LogP contribution in [0, 0.1) is 5.82 Å². The van der Waals surface area contributed by atoms with Gasteiger partial charge in [0.15, 0.2) is 11.4 Å². The number of alkyl halides is 3. The highest BCUT2D eigenvalue weighted by atomic mass is 19.4. The lowest BCUT2D eigenvalue weighted by atomic mass is 10.1. The first kappa shape index (κ1) is 23.2. The Kier molecular flexibility index (Phi) is 6.78. The van der Waals surface area contributed by atoms with Crippen LogP contribution >= 0.6 is 0 Å². The largest absolute Gasteiger partial charge is 0.497 e. The summed E-state index contributed by atoms with van der Waals surface area (Å²) in [5.41, 5.74) is -1.48. The monoisotopic (exact) mass is 451 g/mol. The molecule has 32 heavy (non-hydrogen) atoms. The predicted octanol–water partition coefficient (Wildman–Crippen LogP) is 3.47. The van der Waals surface area contributed by atoms with Crippen molar-refractivity contribution in [1.29, 1.82) is 0 Å². The topological polar surface area (TPSA) is 72.3 Å². The van der Waals surface area contributed by atoms with Crippen molar-refractivity contribution < 1.29 is 27.1 Å². The molecule has 2 aromatic carbocycles. The minimum Gasteiger partial charge on any atom is -0.497 e. The number of benzene rings is 2. The van der Waals surface area contributed by atoms with Crippen molar-refractivity contribution in [3.05, 3.63) is 71.3 Å². The van der Waals surface area contributed by atoms with Gasteiger partial charge in [0, 0.05) is 6.54 Å². The zero-order chi connectivity index (χ0) is 23.5. The average molecular weight is 451 g/mol. The van der Waals surface area contributed by atoms with E-state index in [0.717, 1.165) is 29.8 Å². The summed E-state index contributed by atoms with van der Waals surface area (Å²) in [6.07, 6.45) is -4.92. The maximum absolute atomic E-state index is 13.8. The van der Waals surface area contributed by atoms with Gasteiger partial charge in [-0.15, -0.1) is 5.10 Å². The number of rotatable bonds is 7. The number of nitrogens with zero attached hydrogens (tertiary/aromatic N) is 4. The van der Waals surface area contributed by atoms with E-state index in [0.29, 0.717) is 10.4 Å². The Balaban J connectivity index is 1.87. The molecular formula is C21H21F4N5O2. The van der Waals surface area contributed by atoms with E-state index in [2.05, 4.69) is 15.6 Å². The number of hydrogen-bond acceptors (Lipinski definition) is 5. The zero-order valence-corrected chi connectivity index (χ0v) is 17.5. The first-order valence-corrected chi connectivity index (χ1v) is 9.49. The fraction of sp³-hybridized carbons (Fsp3) is 0.286. The first-order chi connectivity index (χ1) is 15.1. The van der Waals surface area contributed by atoms with Gasteiger partial charge in [-0.3, -0.25) is 4.79 Å². The molecule has 0 bridgehead atoms. The molecular weight excluding hydrogens is 430 g/mol. The van der Waals surface area contributed by atoms with Gasteiger partial charge in [-0.25, -0.2) is 9.07 Å². The summed E-state index contributed by atoms with van der Waals surface area (Å²) in [4.78, 5) is 14.5. The van der Waals surface area contributed by atoms with Crippen LogP contribution in [0.15, 0.2) is 48.5 Å². The lowest BCUT2D eigenvalue weighted by Crippen LogP contribution is -2.35. The number of likely N-dealkylation sites (N-methyl/N-ethyl adjacent to an activating group) is 1. The molecule has 0 spiro atoms. The Morgan fingerprint density at radius 2 is 1.88 bits per heavy atom. The summed E-state index contributed by atoms with van der Waals surface area (Å²) < 4.78 is 60.1. The van der Waals surface area contributed by atoms with Crippen LogP contribution in [0.2, 0.25) is 0 Å². The summed E-state index contributed by atoms with van der Waals surface area (Å²) in [7, 11) is 5.08. The second kappa shape index (κ2) is 9.35. The first-order valence-electron chi connectivity index (χ1n) is 9.49. The van der Waals surface area contributed by atoms with Gasteiger partial charge >= 0.3 is 6.18 Å². The highest BCUT2D eigenvalue weighted by molar-refractivity contribution is 5.93. The number of ether oxygens (including phenoxy) is 1. The SMILES string of the molecule is COc1cccc(C(CNC(=O)c2nnn(-c3ccc(F)cc3)c2C(F)(F)F)N(C)C)c1. The number of carbonyl (C=O) groups is 1. The maximum atomic E-state index is 13.8. The summed E-state index contributed by atoms with van der Waals surface area (Å²) in [6, 6.07) is 11.0. The summed E-state index contributed by atoms with van der Waals surface area (Å²) >= 11 is 0. The van der Waals surface area contributed by atoms with Gasteiger partial charge in [0.25, 0.3) is 5.91 Å². The Hall–Kier alpha value is -3.47. The number of aromatic nitrogens is 3. The number of carbonyl (C=O) groups excluding carboxylic acids is 1. The fourth-order valence-electron chi connectivity index (χ4n) is 3.17. The van der Waals surface area contributed by atoms with Crippen LogP contribution in [0.3, 0.4) is 0 Å². The van der Waals surface area contributed by atoms with Crippen LogP contribution in [0.25, 0.3) is 5.69 Å². The normalized spacial score (nSPS) is 12.6. The highest BCUT2D eigenvalue weighted by Crippen LogP contribution is 2.33. The van der Waals surface area contributed by atoms with Crippen molar-refractivity contribution in [1.82, 2.24) is 25.2 Å². The zero-order valence-electron chi connectivity index (χ0n) is 17.5. The molecule has 0 fully saturated rings. The van der Waals surface area contributed by atoms with Crippen molar-refractivity contribution in [2.75, 3.05) is 27.7 Å². The molecule has 1 atom stereocenters. The third-order valence-corrected chi connectivity index (χ3v) is 4.78. The molecule has 1 heterocycles. The molecule has 0 saturated heterocycles. The van der Waals surface area contributed by atoms with Crippen LogP contribution in [0.4, 0.5) is 17.6 Å². The minimum absolute atomic E-state index is 0.0136. The van der Waals surface area contributed by atoms with Gasteiger partial charge in [-0.1, -0.05) is 17.3 Å². The van der Waals surface area contributed by atoms with Crippen LogP contribution < -0.4 is 10.1 Å². The molecule has 0 aliphatic carbocycles. The standard InChI is InChI=1S/C21H21F4N5O2/c1-29(2)17(13-5-4-6-16(11-13)32-3)12-26-20(31)18-19(21(23,24)25)30(28-27-18)15-9-7-14(22)8-10-15/h4-11,17H,12H2,1-3H3,(H,26,31). The van der Waals surface area contributed by atoms with E-state index >= 15 is 0 Å². The Labute approximate surface area is 181 Å². The maximum Gasteiger partial charge on any atom is 0.435 e. The number of nitrogens with one attached hydrogen (secondary N) is 1. The molecule has 3 rings (SSSR count). The molecule has 1 aromatic heterocycles. The van der Waals surface area contributed by atoms with E-state index in [1.165, 1.54) is 7.11 Å². The van der Waals surface area contributed by atoms with Crippen molar-refractivity contribution in [3.63, 3.8) is 0 Å². The van der Waals surface area contributed by atoms with Gasteiger partial charge in [0.1, 0.15) is 11.6 Å². The highest BCUT2D eigenvalue weighted by Gasteiger charge is 2.42. The van der Waals surface area contributed by atoms with E-state index in [4.69, 9.17) is 4.74 Å². The molecule has 1 unspecified atom stereocenters. The van der Waals surface area contributed by atoms with E-state index < -0.39 is 29.3 Å². The number of amides is 1. The fourth-order valence-corrected chi connectivity index (χ4v) is 3.17. The quantitative estimate of drug-likeness (QED) is 0.557. The van der Waals surface area contributed by atoms with Crippen LogP contribution in [0.5, 0.6) is 5.75 Å². The predicted molar refractivity (Wildman–Crippen MR) is 108 cm³/mol. The lowest BCUT2D eigenvalue weighted by Gasteiger charge is -2.25. The van der Waals surface area contributed by atoms with Crippen LogP contribution in [-0.4, -0.2) is 53.6 Å². The van der Waals surface area contributed by atoms with Crippen LogP contribution in [-0.2, 0) is 6.18 Å². The summed E-state index contributed by atoms with van der Waals surface area (Å²) in [5.74, 6) is -1.03. The van der Waals surface area contributed by atoms with E-state index in [1.807, 2.05) is 11.0 Å². The summed E-state index contributed by atoms with van der Waals surface area (Å²) in [6.45, 7) is 0.0136. The number of hydrogen-bond donors (Lipinski definition) is 1. The second-order valence-corrected chi connectivity index (χ2v) is 7.14. The molecule has 0 aliphatic rings. The Morgan fingerprint density at radius 3 is 2.47 bits per heavy atom. The molecule has 1 amide bonds. The molecule has 0 radical (unpaired) electrons. The molecule has 0 aliphatic heterocycles. The molecule has 3 aromatic rings. The molecule has 7 nitrogen and oxygen atoms in total. The van der Waals surface area contributed by atoms with Crippen molar-refractivity contribution >= 4 is 5.91 Å². The van der Waals surface area contributed by atoms with Crippen molar-refractivity contribution in [3.8, 4) is 11.4 Å². The number of methoxy groups -OCH3 is 1. The van der Waals surface area contributed by atoms with E-state index in [1.54, 1.807) is 32.3 Å².